The molecule has 0 aromatic heterocycles. The summed E-state index contributed by atoms with van der Waals surface area (Å²) in [6, 6.07) is 4.89. The second-order valence-corrected chi connectivity index (χ2v) is 6.09. The third kappa shape index (κ3) is 7.79. The number of alkyl halides is 2. The van der Waals surface area contributed by atoms with Crippen molar-refractivity contribution < 1.29 is 24.6 Å². The Balaban J connectivity index is 2.65. The van der Waals surface area contributed by atoms with Gasteiger partial charge >= 0.3 is 18.0 Å². The van der Waals surface area contributed by atoms with Crippen molar-refractivity contribution in [3.63, 3.8) is 0 Å². The Morgan fingerprint density at radius 3 is 2.08 bits per heavy atom. The predicted molar refractivity (Wildman–Crippen MR) is 101 cm³/mol. The molecule has 2 amide bonds. The number of halogens is 2. The van der Waals surface area contributed by atoms with Crippen LogP contribution in [0.2, 0.25) is 0 Å². The summed E-state index contributed by atoms with van der Waals surface area (Å²) in [5, 5.41) is 22.4. The summed E-state index contributed by atoms with van der Waals surface area (Å²) in [5.74, 6) is -1.53. The zero-order valence-corrected chi connectivity index (χ0v) is 15.5. The summed E-state index contributed by atoms with van der Waals surface area (Å²) in [7, 11) is 0. The lowest BCUT2D eigenvalue weighted by atomic mass is 10.1. The number of nitrogens with zero attached hydrogens (tertiary/aromatic N) is 1. The minimum Gasteiger partial charge on any atom is -0.481 e. The maximum atomic E-state index is 11.9. The molecular formula is C16H21Cl2N3O5. The number of carboxylic acid groups (broad SMARTS) is 2. The monoisotopic (exact) mass is 405 g/mol. The lowest BCUT2D eigenvalue weighted by Gasteiger charge is -2.23. The average Bonchev–Trinajstić information content (AvgIpc) is 2.58. The molecule has 0 fully saturated rings. The second kappa shape index (κ2) is 11.4. The summed E-state index contributed by atoms with van der Waals surface area (Å²) >= 11 is 11.5. The van der Waals surface area contributed by atoms with E-state index in [4.69, 9.17) is 33.4 Å². The molecule has 1 aromatic rings. The molecule has 0 radical (unpaired) electrons. The van der Waals surface area contributed by atoms with E-state index in [2.05, 4.69) is 10.6 Å². The number of hydrogen-bond donors (Lipinski definition) is 4. The molecule has 0 unspecified atom stereocenters. The van der Waals surface area contributed by atoms with Crippen LogP contribution in [-0.2, 0) is 9.59 Å². The van der Waals surface area contributed by atoms with Crippen molar-refractivity contribution in [2.45, 2.75) is 18.9 Å². The fourth-order valence-corrected chi connectivity index (χ4v) is 2.59. The first kappa shape index (κ1) is 21.9. The molecule has 0 aliphatic heterocycles. The number of carbonyl (C=O) groups excluding carboxylic acids is 1. The Bertz CT molecular complexity index is 606. The molecule has 144 valence electrons. The molecule has 0 aliphatic rings. The van der Waals surface area contributed by atoms with E-state index < -0.39 is 24.0 Å². The van der Waals surface area contributed by atoms with Crippen LogP contribution in [-0.4, -0.2) is 59.1 Å². The van der Waals surface area contributed by atoms with Gasteiger partial charge in [-0.2, -0.15) is 0 Å². The van der Waals surface area contributed by atoms with Gasteiger partial charge in [0, 0.05) is 42.6 Å². The molecule has 4 N–H and O–H groups in total. The van der Waals surface area contributed by atoms with Crippen LogP contribution < -0.4 is 15.5 Å². The third-order valence-electron chi connectivity index (χ3n) is 3.45. The Morgan fingerprint density at radius 1 is 1.04 bits per heavy atom. The molecule has 26 heavy (non-hydrogen) atoms. The van der Waals surface area contributed by atoms with Crippen molar-refractivity contribution in [2.24, 2.45) is 0 Å². The Kier molecular flexibility index (Phi) is 9.61. The summed E-state index contributed by atoms with van der Waals surface area (Å²) < 4.78 is 0. The van der Waals surface area contributed by atoms with Crippen molar-refractivity contribution in [2.75, 3.05) is 35.1 Å². The summed E-state index contributed by atoms with van der Waals surface area (Å²) in [6.07, 6.45) is -0.564. The number of carbonyl (C=O) groups is 3. The largest absolute Gasteiger partial charge is 0.481 e. The van der Waals surface area contributed by atoms with Crippen molar-refractivity contribution >= 4 is 52.5 Å². The van der Waals surface area contributed by atoms with E-state index >= 15 is 0 Å². The number of nitrogens with one attached hydrogen (secondary N) is 2. The number of hydrogen-bond acceptors (Lipinski definition) is 4. The average molecular weight is 406 g/mol. The van der Waals surface area contributed by atoms with Crippen molar-refractivity contribution in [3.8, 4) is 0 Å². The lowest BCUT2D eigenvalue weighted by molar-refractivity contribution is -0.140. The SMILES string of the molecule is O=C(O)CC[C@H](NC(=O)Nc1ccc(N(CCCl)CCCl)cc1)C(=O)O. The van der Waals surface area contributed by atoms with E-state index in [0.29, 0.717) is 30.5 Å². The summed E-state index contributed by atoms with van der Waals surface area (Å²) in [4.78, 5) is 35.5. The highest BCUT2D eigenvalue weighted by atomic mass is 35.5. The fraction of sp³-hybridized carbons (Fsp3) is 0.438. The van der Waals surface area contributed by atoms with Gasteiger partial charge in [0.2, 0.25) is 0 Å². The molecule has 0 bridgehead atoms. The second-order valence-electron chi connectivity index (χ2n) is 5.33. The Hall–Kier alpha value is -2.19. The van der Waals surface area contributed by atoms with Gasteiger partial charge in [-0.3, -0.25) is 4.79 Å². The van der Waals surface area contributed by atoms with Gasteiger partial charge in [0.15, 0.2) is 0 Å². The zero-order chi connectivity index (χ0) is 19.5. The molecule has 10 heteroatoms. The maximum Gasteiger partial charge on any atom is 0.326 e. The first-order valence-electron chi connectivity index (χ1n) is 7.86. The van der Waals surface area contributed by atoms with Gasteiger partial charge in [0.05, 0.1) is 0 Å². The highest BCUT2D eigenvalue weighted by Crippen LogP contribution is 2.18. The molecule has 0 heterocycles. The number of carboxylic acids is 2. The molecule has 0 spiro atoms. The van der Waals surface area contributed by atoms with Crippen LogP contribution in [0.3, 0.4) is 0 Å². The highest BCUT2D eigenvalue weighted by molar-refractivity contribution is 6.18. The zero-order valence-electron chi connectivity index (χ0n) is 14.0. The number of rotatable bonds is 11. The lowest BCUT2D eigenvalue weighted by Crippen LogP contribution is -2.43. The molecule has 1 atom stereocenters. The van der Waals surface area contributed by atoms with Crippen molar-refractivity contribution in [1.82, 2.24) is 5.32 Å². The third-order valence-corrected chi connectivity index (χ3v) is 3.79. The van der Waals surface area contributed by atoms with E-state index in [0.717, 1.165) is 5.69 Å². The molecule has 1 rings (SSSR count). The standard InChI is InChI=1S/C16H21Cl2N3O5/c17-7-9-21(10-8-18)12-3-1-11(2-4-12)19-16(26)20-13(15(24)25)5-6-14(22)23/h1-4,13H,5-10H2,(H,22,23)(H,24,25)(H2,19,20,26)/t13-/m0/s1. The quantitative estimate of drug-likeness (QED) is 0.419. The Morgan fingerprint density at radius 2 is 1.62 bits per heavy atom. The van der Waals surface area contributed by atoms with Crippen LogP contribution in [0.5, 0.6) is 0 Å². The van der Waals surface area contributed by atoms with E-state index in [-0.39, 0.29) is 12.8 Å². The van der Waals surface area contributed by atoms with E-state index in [9.17, 15) is 14.4 Å². The molecule has 0 aliphatic carbocycles. The first-order valence-corrected chi connectivity index (χ1v) is 8.93. The van der Waals surface area contributed by atoms with Crippen LogP contribution in [0.1, 0.15) is 12.8 Å². The van der Waals surface area contributed by atoms with E-state index in [1.807, 2.05) is 4.90 Å². The molecule has 8 nitrogen and oxygen atoms in total. The topological polar surface area (TPSA) is 119 Å². The van der Waals surface area contributed by atoms with Crippen LogP contribution in [0.15, 0.2) is 24.3 Å². The van der Waals surface area contributed by atoms with Gasteiger partial charge in [-0.25, -0.2) is 9.59 Å². The fourth-order valence-electron chi connectivity index (χ4n) is 2.18. The van der Waals surface area contributed by atoms with Gasteiger partial charge in [-0.1, -0.05) is 0 Å². The number of urea groups is 1. The van der Waals surface area contributed by atoms with Gasteiger partial charge in [-0.15, -0.1) is 23.2 Å². The number of benzene rings is 1. The summed E-state index contributed by atoms with van der Waals surface area (Å²) in [5.41, 5.74) is 1.35. The van der Waals surface area contributed by atoms with Crippen LogP contribution >= 0.6 is 23.2 Å². The normalized spacial score (nSPS) is 11.5. The van der Waals surface area contributed by atoms with E-state index in [1.165, 1.54) is 0 Å². The maximum absolute atomic E-state index is 11.9. The van der Waals surface area contributed by atoms with Gasteiger partial charge in [0.25, 0.3) is 0 Å². The molecule has 0 saturated carbocycles. The number of aliphatic carboxylic acids is 2. The molecule has 1 aromatic carbocycles. The van der Waals surface area contributed by atoms with Crippen molar-refractivity contribution in [1.29, 1.82) is 0 Å². The minimum absolute atomic E-state index is 0.206. The molecular weight excluding hydrogens is 385 g/mol. The van der Waals surface area contributed by atoms with Gasteiger partial charge < -0.3 is 25.7 Å². The predicted octanol–water partition coefficient (Wildman–Crippen LogP) is 2.41. The first-order chi connectivity index (χ1) is 12.4. The van der Waals surface area contributed by atoms with Crippen LogP contribution in [0, 0.1) is 0 Å². The van der Waals surface area contributed by atoms with Gasteiger partial charge in [-0.05, 0) is 30.7 Å². The smallest absolute Gasteiger partial charge is 0.326 e. The number of anilines is 2. The van der Waals surface area contributed by atoms with Gasteiger partial charge in [0.1, 0.15) is 6.04 Å². The number of amides is 2. The molecule has 0 saturated heterocycles. The van der Waals surface area contributed by atoms with E-state index in [1.54, 1.807) is 24.3 Å². The van der Waals surface area contributed by atoms with Crippen molar-refractivity contribution in [3.05, 3.63) is 24.3 Å². The van der Waals surface area contributed by atoms with Crippen LogP contribution in [0.4, 0.5) is 16.2 Å². The van der Waals surface area contributed by atoms with Crippen LogP contribution in [0.25, 0.3) is 0 Å². The highest BCUT2D eigenvalue weighted by Gasteiger charge is 2.21. The summed E-state index contributed by atoms with van der Waals surface area (Å²) in [6.45, 7) is 1.26. The Labute approximate surface area is 161 Å². The minimum atomic E-state index is -1.30.